The van der Waals surface area contributed by atoms with E-state index < -0.39 is 0 Å². The number of carbonyl (C=O) groups is 3. The Hall–Kier alpha value is -1.25. The second-order valence-corrected chi connectivity index (χ2v) is 9.76. The van der Waals surface area contributed by atoms with E-state index in [1.807, 2.05) is 6.08 Å². The van der Waals surface area contributed by atoms with Crippen molar-refractivity contribution in [1.29, 1.82) is 0 Å². The third-order valence-corrected chi connectivity index (χ3v) is 8.46. The Morgan fingerprint density at radius 2 is 1.92 bits per heavy atom. The predicted molar refractivity (Wildman–Crippen MR) is 95.8 cm³/mol. The van der Waals surface area contributed by atoms with Crippen LogP contribution in [0.3, 0.4) is 0 Å². The molecule has 0 aromatic heterocycles. The Morgan fingerprint density at radius 3 is 2.60 bits per heavy atom. The molecule has 0 radical (unpaired) electrons. The van der Waals surface area contributed by atoms with E-state index in [0.717, 1.165) is 25.7 Å². The minimum Gasteiger partial charge on any atom is -0.300 e. The molecule has 25 heavy (non-hydrogen) atoms. The topological polar surface area (TPSA) is 51.2 Å². The van der Waals surface area contributed by atoms with Gasteiger partial charge in [0.2, 0.25) is 0 Å². The van der Waals surface area contributed by atoms with Crippen LogP contribution < -0.4 is 0 Å². The van der Waals surface area contributed by atoms with Gasteiger partial charge in [0.15, 0.2) is 5.78 Å². The van der Waals surface area contributed by atoms with Crippen molar-refractivity contribution in [1.82, 2.24) is 0 Å². The van der Waals surface area contributed by atoms with Crippen molar-refractivity contribution in [3.63, 3.8) is 0 Å². The molecule has 0 aromatic carbocycles. The third-order valence-electron chi connectivity index (χ3n) is 8.46. The molecule has 0 spiro atoms. The maximum atomic E-state index is 13.4. The van der Waals surface area contributed by atoms with Crippen molar-refractivity contribution in [3.05, 3.63) is 11.6 Å². The highest BCUT2D eigenvalue weighted by molar-refractivity contribution is 5.93. The highest BCUT2D eigenvalue weighted by Crippen LogP contribution is 2.66. The van der Waals surface area contributed by atoms with Crippen molar-refractivity contribution in [2.45, 2.75) is 66.2 Å². The van der Waals surface area contributed by atoms with Crippen LogP contribution in [-0.2, 0) is 14.4 Å². The Balaban J connectivity index is 1.77. The Morgan fingerprint density at radius 1 is 1.20 bits per heavy atom. The van der Waals surface area contributed by atoms with E-state index in [1.165, 1.54) is 5.57 Å². The number of allylic oxidation sites excluding steroid dienone is 1. The molecule has 0 bridgehead atoms. The second-order valence-electron chi connectivity index (χ2n) is 9.76. The highest BCUT2D eigenvalue weighted by Gasteiger charge is 2.63. The fourth-order valence-electron chi connectivity index (χ4n) is 7.49. The molecule has 0 aromatic rings. The summed E-state index contributed by atoms with van der Waals surface area (Å²) in [6.45, 7) is 8.37. The Labute approximate surface area is 150 Å². The maximum Gasteiger partial charge on any atom is 0.155 e. The molecular formula is C22H30O3. The van der Waals surface area contributed by atoms with Crippen LogP contribution in [0.1, 0.15) is 66.2 Å². The molecule has 3 nitrogen and oxygen atoms in total. The SMILES string of the molecule is CC(=O)[C@H]1CC[C@H]2[C@@H]3C[C@H](C)C4=CC(=O)CC[C@]4(C)[C@H]3C(=O)C[C@]12C. The number of hydrogen-bond acceptors (Lipinski definition) is 3. The molecule has 136 valence electrons. The standard InChI is InChI=1S/C22H30O3/c1-12-9-15-17-6-5-16(13(2)23)22(17,4)11-19(25)20(15)21(3)8-7-14(24)10-18(12)21/h10,12,15-17,20H,5-9,11H2,1-4H3/t12-,15-,16+,17-,20+,21-,22+/m0/s1. The van der Waals surface area contributed by atoms with Crippen molar-refractivity contribution >= 4 is 17.3 Å². The van der Waals surface area contributed by atoms with Crippen LogP contribution in [0.2, 0.25) is 0 Å². The predicted octanol–water partition coefficient (Wildman–Crippen LogP) is 4.15. The first-order valence-electron chi connectivity index (χ1n) is 9.96. The molecule has 0 amide bonds. The van der Waals surface area contributed by atoms with Gasteiger partial charge in [-0.2, -0.15) is 0 Å². The minimum absolute atomic E-state index is 0.0480. The Kier molecular flexibility index (Phi) is 3.69. The van der Waals surface area contributed by atoms with Gasteiger partial charge in [0.25, 0.3) is 0 Å². The van der Waals surface area contributed by atoms with Gasteiger partial charge in [-0.3, -0.25) is 14.4 Å². The molecule has 4 aliphatic carbocycles. The van der Waals surface area contributed by atoms with Gasteiger partial charge in [0.1, 0.15) is 11.6 Å². The van der Waals surface area contributed by atoms with E-state index in [4.69, 9.17) is 0 Å². The summed E-state index contributed by atoms with van der Waals surface area (Å²) in [4.78, 5) is 37.6. The van der Waals surface area contributed by atoms with Crippen LogP contribution in [0.25, 0.3) is 0 Å². The van der Waals surface area contributed by atoms with Gasteiger partial charge in [-0.05, 0) is 67.3 Å². The average molecular weight is 342 g/mol. The molecular weight excluding hydrogens is 312 g/mol. The normalized spacial score (nSPS) is 49.1. The summed E-state index contributed by atoms with van der Waals surface area (Å²) < 4.78 is 0. The van der Waals surface area contributed by atoms with Gasteiger partial charge in [0.05, 0.1) is 0 Å². The van der Waals surface area contributed by atoms with E-state index in [9.17, 15) is 14.4 Å². The zero-order chi connectivity index (χ0) is 18.1. The molecule has 0 unspecified atom stereocenters. The summed E-state index contributed by atoms with van der Waals surface area (Å²) in [5.41, 5.74) is 0.928. The monoisotopic (exact) mass is 342 g/mol. The Bertz CT molecular complexity index is 689. The number of carbonyl (C=O) groups excluding carboxylic acids is 3. The smallest absolute Gasteiger partial charge is 0.155 e. The fraction of sp³-hybridized carbons (Fsp3) is 0.773. The maximum absolute atomic E-state index is 13.4. The lowest BCUT2D eigenvalue weighted by Crippen LogP contribution is -2.56. The van der Waals surface area contributed by atoms with E-state index in [1.54, 1.807) is 6.92 Å². The number of ketones is 3. The first-order chi connectivity index (χ1) is 11.7. The van der Waals surface area contributed by atoms with Gasteiger partial charge >= 0.3 is 0 Å². The quantitative estimate of drug-likeness (QED) is 0.719. The number of rotatable bonds is 1. The molecule has 4 rings (SSSR count). The fourth-order valence-corrected chi connectivity index (χ4v) is 7.49. The van der Waals surface area contributed by atoms with Gasteiger partial charge < -0.3 is 0 Å². The number of hydrogen-bond donors (Lipinski definition) is 0. The summed E-state index contributed by atoms with van der Waals surface area (Å²) in [7, 11) is 0. The first-order valence-corrected chi connectivity index (χ1v) is 9.96. The zero-order valence-corrected chi connectivity index (χ0v) is 15.9. The summed E-state index contributed by atoms with van der Waals surface area (Å²) in [5.74, 6) is 2.15. The molecule has 7 atom stereocenters. The van der Waals surface area contributed by atoms with E-state index in [-0.39, 0.29) is 34.2 Å². The van der Waals surface area contributed by atoms with Crippen LogP contribution in [0.15, 0.2) is 11.6 Å². The van der Waals surface area contributed by atoms with E-state index >= 15 is 0 Å². The van der Waals surface area contributed by atoms with Crippen molar-refractivity contribution in [2.24, 2.45) is 40.4 Å². The summed E-state index contributed by atoms with van der Waals surface area (Å²) in [5, 5.41) is 0. The second kappa shape index (κ2) is 5.37. The van der Waals surface area contributed by atoms with Crippen LogP contribution >= 0.6 is 0 Å². The minimum atomic E-state index is -0.150. The molecule has 3 saturated carbocycles. The van der Waals surface area contributed by atoms with E-state index in [2.05, 4.69) is 20.8 Å². The van der Waals surface area contributed by atoms with E-state index in [0.29, 0.717) is 36.4 Å². The van der Waals surface area contributed by atoms with Gasteiger partial charge in [-0.25, -0.2) is 0 Å². The third kappa shape index (κ3) is 2.20. The van der Waals surface area contributed by atoms with Crippen molar-refractivity contribution < 1.29 is 14.4 Å². The average Bonchev–Trinajstić information content (AvgIpc) is 2.85. The number of fused-ring (bicyclic) bond motifs is 5. The van der Waals surface area contributed by atoms with Gasteiger partial charge in [-0.15, -0.1) is 0 Å². The zero-order valence-electron chi connectivity index (χ0n) is 15.9. The number of Topliss-reactive ketones (excluding diaryl/α,β-unsaturated/α-hetero) is 2. The lowest BCUT2D eigenvalue weighted by atomic mass is 9.45. The van der Waals surface area contributed by atoms with Crippen molar-refractivity contribution in [3.8, 4) is 0 Å². The molecule has 4 aliphatic rings. The molecule has 3 fully saturated rings. The van der Waals surface area contributed by atoms with Gasteiger partial charge in [0, 0.05) is 24.7 Å². The van der Waals surface area contributed by atoms with Crippen LogP contribution in [0.5, 0.6) is 0 Å². The lowest BCUT2D eigenvalue weighted by Gasteiger charge is -2.58. The highest BCUT2D eigenvalue weighted by atomic mass is 16.1. The molecule has 0 heterocycles. The summed E-state index contributed by atoms with van der Waals surface area (Å²) in [6.07, 6.45) is 6.81. The molecule has 3 heteroatoms. The largest absolute Gasteiger partial charge is 0.300 e. The van der Waals surface area contributed by atoms with Crippen molar-refractivity contribution in [2.75, 3.05) is 0 Å². The summed E-state index contributed by atoms with van der Waals surface area (Å²) >= 11 is 0. The van der Waals surface area contributed by atoms with Crippen LogP contribution in [0.4, 0.5) is 0 Å². The van der Waals surface area contributed by atoms with Crippen LogP contribution in [-0.4, -0.2) is 17.3 Å². The van der Waals surface area contributed by atoms with Gasteiger partial charge in [-0.1, -0.05) is 26.3 Å². The lowest BCUT2D eigenvalue weighted by molar-refractivity contribution is -0.149. The molecule has 0 saturated heterocycles. The molecule has 0 aliphatic heterocycles. The molecule has 0 N–H and O–H groups in total. The first kappa shape index (κ1) is 17.2. The van der Waals surface area contributed by atoms with Crippen LogP contribution in [0, 0.1) is 40.4 Å². The summed E-state index contributed by atoms with van der Waals surface area (Å²) in [6, 6.07) is 0.